The molecule has 3 N–H and O–H groups in total. The van der Waals surface area contributed by atoms with Gasteiger partial charge < -0.3 is 11.1 Å². The molecule has 0 atom stereocenters. The second-order valence-corrected chi connectivity index (χ2v) is 6.35. The average Bonchev–Trinajstić information content (AvgIpc) is 2.40. The van der Waals surface area contributed by atoms with Crippen LogP contribution in [0.4, 0.5) is 17.1 Å². The van der Waals surface area contributed by atoms with Crippen molar-refractivity contribution >= 4 is 26.9 Å². The van der Waals surface area contributed by atoms with Crippen LogP contribution < -0.4 is 11.1 Å². The molecule has 0 spiro atoms. The fourth-order valence-corrected chi connectivity index (χ4v) is 2.33. The zero-order chi connectivity index (χ0) is 14.8. The van der Waals surface area contributed by atoms with Crippen LogP contribution in [0.1, 0.15) is 5.56 Å². The highest BCUT2D eigenvalue weighted by Gasteiger charge is 2.07. The van der Waals surface area contributed by atoms with Gasteiger partial charge in [-0.15, -0.1) is 0 Å². The summed E-state index contributed by atoms with van der Waals surface area (Å²) in [5, 5.41) is 12.1. The number of hydrogen-bond donors (Lipinski definition) is 2. The van der Waals surface area contributed by atoms with Gasteiger partial charge in [0, 0.05) is 17.6 Å². The summed E-state index contributed by atoms with van der Waals surface area (Å²) in [5.74, 6) is 0. The van der Waals surface area contributed by atoms with Gasteiger partial charge in [0.1, 0.15) is 6.07 Å². The van der Waals surface area contributed by atoms with Crippen LogP contribution in [-0.4, -0.2) is 14.7 Å². The third-order valence-corrected chi connectivity index (χ3v) is 3.85. The Balaban J connectivity index is 2.30. The van der Waals surface area contributed by atoms with E-state index in [1.165, 1.54) is 12.1 Å². The van der Waals surface area contributed by atoms with E-state index < -0.39 is 9.84 Å². The normalized spacial score (nSPS) is 10.8. The summed E-state index contributed by atoms with van der Waals surface area (Å²) in [5.41, 5.74) is 7.87. The Labute approximate surface area is 117 Å². The van der Waals surface area contributed by atoms with Crippen LogP contribution in [0.15, 0.2) is 47.4 Å². The fraction of sp³-hybridized carbons (Fsp3) is 0.0714. The molecule has 0 fully saturated rings. The first kappa shape index (κ1) is 13.9. The van der Waals surface area contributed by atoms with Gasteiger partial charge in [0.15, 0.2) is 9.84 Å². The van der Waals surface area contributed by atoms with Crippen LogP contribution in [0.25, 0.3) is 0 Å². The largest absolute Gasteiger partial charge is 0.399 e. The number of nitrogens with zero attached hydrogens (tertiary/aromatic N) is 1. The lowest BCUT2D eigenvalue weighted by Gasteiger charge is -2.09. The fourth-order valence-electron chi connectivity index (χ4n) is 1.70. The van der Waals surface area contributed by atoms with Crippen molar-refractivity contribution in [2.24, 2.45) is 0 Å². The number of nitrogens with one attached hydrogen (secondary N) is 1. The Kier molecular flexibility index (Phi) is 3.63. The predicted molar refractivity (Wildman–Crippen MR) is 78.4 cm³/mol. The van der Waals surface area contributed by atoms with E-state index in [1.807, 2.05) is 0 Å². The molecule has 0 aromatic heterocycles. The molecule has 0 saturated carbocycles. The molecule has 102 valence electrons. The van der Waals surface area contributed by atoms with E-state index in [-0.39, 0.29) is 4.90 Å². The van der Waals surface area contributed by atoms with Crippen molar-refractivity contribution in [3.05, 3.63) is 48.0 Å². The summed E-state index contributed by atoms with van der Waals surface area (Å²) >= 11 is 0. The highest BCUT2D eigenvalue weighted by atomic mass is 32.2. The van der Waals surface area contributed by atoms with Gasteiger partial charge in [-0.2, -0.15) is 5.26 Å². The quantitative estimate of drug-likeness (QED) is 0.844. The summed E-state index contributed by atoms with van der Waals surface area (Å²) in [6.45, 7) is 0. The summed E-state index contributed by atoms with van der Waals surface area (Å²) < 4.78 is 22.7. The second-order valence-electron chi connectivity index (χ2n) is 4.34. The number of sulfone groups is 1. The predicted octanol–water partition coefficient (Wildman–Crippen LogP) is 2.29. The van der Waals surface area contributed by atoms with Gasteiger partial charge in [-0.25, -0.2) is 8.42 Å². The third-order valence-electron chi connectivity index (χ3n) is 2.73. The summed E-state index contributed by atoms with van der Waals surface area (Å²) in [6.07, 6.45) is 1.16. The van der Waals surface area contributed by atoms with Gasteiger partial charge in [0.05, 0.1) is 16.1 Å². The lowest BCUT2D eigenvalue weighted by Crippen LogP contribution is -1.98. The number of hydrogen-bond acceptors (Lipinski definition) is 5. The third kappa shape index (κ3) is 3.08. The van der Waals surface area contributed by atoms with E-state index in [9.17, 15) is 8.42 Å². The number of nitriles is 1. The monoisotopic (exact) mass is 287 g/mol. The first-order valence-electron chi connectivity index (χ1n) is 5.77. The standard InChI is InChI=1S/C14H13N3O2S/c1-20(18,19)13-5-3-12(4-6-13)17-14-7-2-11(16)8-10(14)9-15/h2-8,17H,16H2,1H3. The van der Waals surface area contributed by atoms with Crippen LogP contribution in [0.3, 0.4) is 0 Å². The number of rotatable bonds is 3. The summed E-state index contributed by atoms with van der Waals surface area (Å²) in [4.78, 5) is 0.251. The molecule has 0 aliphatic heterocycles. The Bertz CT molecular complexity index is 775. The maximum Gasteiger partial charge on any atom is 0.175 e. The smallest absolute Gasteiger partial charge is 0.175 e. The van der Waals surface area contributed by atoms with Gasteiger partial charge >= 0.3 is 0 Å². The van der Waals surface area contributed by atoms with Crippen LogP contribution in [-0.2, 0) is 9.84 Å². The summed E-state index contributed by atoms with van der Waals surface area (Å²) in [6, 6.07) is 13.3. The minimum Gasteiger partial charge on any atom is -0.399 e. The lowest BCUT2D eigenvalue weighted by atomic mass is 10.1. The van der Waals surface area contributed by atoms with Gasteiger partial charge in [-0.05, 0) is 42.5 Å². The highest BCUT2D eigenvalue weighted by molar-refractivity contribution is 7.90. The molecule has 0 aliphatic rings. The molecule has 5 nitrogen and oxygen atoms in total. The van der Waals surface area contributed by atoms with Gasteiger partial charge in [-0.1, -0.05) is 0 Å². The van der Waals surface area contributed by atoms with Crippen molar-refractivity contribution in [3.63, 3.8) is 0 Å². The maximum absolute atomic E-state index is 11.4. The first-order chi connectivity index (χ1) is 9.40. The maximum atomic E-state index is 11.4. The molecule has 2 aromatic rings. The van der Waals surface area contributed by atoms with E-state index in [0.717, 1.165) is 6.26 Å². The van der Waals surface area contributed by atoms with E-state index in [2.05, 4.69) is 11.4 Å². The number of benzene rings is 2. The molecular formula is C14H13N3O2S. The minimum atomic E-state index is -3.21. The Morgan fingerprint density at radius 2 is 1.80 bits per heavy atom. The van der Waals surface area contributed by atoms with Crippen LogP contribution in [0.2, 0.25) is 0 Å². The molecule has 0 bridgehead atoms. The first-order valence-corrected chi connectivity index (χ1v) is 7.66. The lowest BCUT2D eigenvalue weighted by molar-refractivity contribution is 0.602. The average molecular weight is 287 g/mol. The van der Waals surface area contributed by atoms with Crippen LogP contribution >= 0.6 is 0 Å². The summed E-state index contributed by atoms with van der Waals surface area (Å²) in [7, 11) is -3.21. The number of nitrogens with two attached hydrogens (primary N) is 1. The molecule has 20 heavy (non-hydrogen) atoms. The van der Waals surface area contributed by atoms with Crippen molar-refractivity contribution in [2.75, 3.05) is 17.3 Å². The van der Waals surface area contributed by atoms with Crippen molar-refractivity contribution in [1.29, 1.82) is 5.26 Å². The molecule has 0 radical (unpaired) electrons. The second kappa shape index (κ2) is 5.23. The Morgan fingerprint density at radius 1 is 1.15 bits per heavy atom. The topological polar surface area (TPSA) is 96.0 Å². The molecule has 0 aliphatic carbocycles. The van der Waals surface area contributed by atoms with Crippen molar-refractivity contribution in [3.8, 4) is 6.07 Å². The van der Waals surface area contributed by atoms with Gasteiger partial charge in [0.2, 0.25) is 0 Å². The van der Waals surface area contributed by atoms with Crippen molar-refractivity contribution < 1.29 is 8.42 Å². The van der Waals surface area contributed by atoms with Gasteiger partial charge in [0.25, 0.3) is 0 Å². The highest BCUT2D eigenvalue weighted by Crippen LogP contribution is 2.23. The number of anilines is 3. The van der Waals surface area contributed by atoms with Crippen LogP contribution in [0.5, 0.6) is 0 Å². The molecule has 0 amide bonds. The van der Waals surface area contributed by atoms with Crippen molar-refractivity contribution in [1.82, 2.24) is 0 Å². The molecular weight excluding hydrogens is 274 g/mol. The molecule has 6 heteroatoms. The van der Waals surface area contributed by atoms with Crippen LogP contribution in [0, 0.1) is 11.3 Å². The zero-order valence-electron chi connectivity index (χ0n) is 10.8. The van der Waals surface area contributed by atoms with E-state index in [0.29, 0.717) is 22.6 Å². The minimum absolute atomic E-state index is 0.251. The molecule has 2 rings (SSSR count). The van der Waals surface area contributed by atoms with E-state index in [4.69, 9.17) is 11.0 Å². The number of nitrogen functional groups attached to an aromatic ring is 1. The Morgan fingerprint density at radius 3 is 2.35 bits per heavy atom. The van der Waals surface area contributed by atoms with Crippen molar-refractivity contribution in [2.45, 2.75) is 4.90 Å². The SMILES string of the molecule is CS(=O)(=O)c1ccc(Nc2ccc(N)cc2C#N)cc1. The Hall–Kier alpha value is -2.52. The van der Waals surface area contributed by atoms with Gasteiger partial charge in [-0.3, -0.25) is 0 Å². The molecule has 0 heterocycles. The van der Waals surface area contributed by atoms with E-state index >= 15 is 0 Å². The molecule has 0 saturated heterocycles. The molecule has 2 aromatic carbocycles. The molecule has 0 unspecified atom stereocenters. The van der Waals surface area contributed by atoms with E-state index in [1.54, 1.807) is 30.3 Å². The zero-order valence-corrected chi connectivity index (χ0v) is 11.6.